The molecule has 0 radical (unpaired) electrons. The Bertz CT molecular complexity index is 1280. The van der Waals surface area contributed by atoms with Crippen molar-refractivity contribution in [3.8, 4) is 17.2 Å². The van der Waals surface area contributed by atoms with E-state index in [1.165, 1.54) is 48.7 Å². The zero-order valence-corrected chi connectivity index (χ0v) is 15.3. The highest BCUT2D eigenvalue weighted by Gasteiger charge is 2.15. The second kappa shape index (κ2) is 7.59. The molecule has 0 atom stereocenters. The molecular formula is C23H15FO5. The molecule has 0 aliphatic rings. The van der Waals surface area contributed by atoms with E-state index in [4.69, 9.17) is 13.9 Å². The molecule has 0 amide bonds. The smallest absolute Gasteiger partial charge is 0.346 e. The van der Waals surface area contributed by atoms with E-state index in [1.807, 2.05) is 19.1 Å². The molecular weight excluding hydrogens is 375 g/mol. The summed E-state index contributed by atoms with van der Waals surface area (Å²) in [6, 6.07) is 17.1. The molecule has 0 saturated heterocycles. The number of carbonyl (C=O) groups is 1. The zero-order valence-electron chi connectivity index (χ0n) is 15.3. The van der Waals surface area contributed by atoms with Gasteiger partial charge in [-0.05, 0) is 48.9 Å². The lowest BCUT2D eigenvalue weighted by atomic mass is 10.2. The molecule has 0 aliphatic carbocycles. The minimum absolute atomic E-state index is 0.0409. The first-order valence-corrected chi connectivity index (χ1v) is 8.78. The lowest BCUT2D eigenvalue weighted by Gasteiger charge is -2.08. The Kier molecular flexibility index (Phi) is 4.83. The monoisotopic (exact) mass is 390 g/mol. The van der Waals surface area contributed by atoms with Crippen LogP contribution in [0.3, 0.4) is 0 Å². The highest BCUT2D eigenvalue weighted by atomic mass is 19.1. The lowest BCUT2D eigenvalue weighted by Crippen LogP contribution is -2.11. The number of hydrogen-bond acceptors (Lipinski definition) is 5. The number of esters is 1. The van der Waals surface area contributed by atoms with Gasteiger partial charge in [0.25, 0.3) is 0 Å². The molecule has 0 aliphatic heterocycles. The summed E-state index contributed by atoms with van der Waals surface area (Å²) in [5.74, 6) is -0.834. The van der Waals surface area contributed by atoms with E-state index < -0.39 is 11.8 Å². The summed E-state index contributed by atoms with van der Waals surface area (Å²) < 4.78 is 30.0. The highest BCUT2D eigenvalue weighted by Crippen LogP contribution is 2.25. The minimum atomic E-state index is -0.843. The second-order valence-electron chi connectivity index (χ2n) is 6.37. The van der Waals surface area contributed by atoms with Crippen LogP contribution in [0.1, 0.15) is 15.9 Å². The van der Waals surface area contributed by atoms with Crippen LogP contribution in [0.4, 0.5) is 4.39 Å². The Labute approximate surface area is 164 Å². The standard InChI is InChI=1S/C23H15FO5/c1-14-5-4-6-15(11-14)28-21-13-27-20-12-16(9-10-18(20)22(21)25)29-23(26)17-7-2-3-8-19(17)24/h2-13H,1H3. The van der Waals surface area contributed by atoms with Gasteiger partial charge < -0.3 is 13.9 Å². The third-order valence-corrected chi connectivity index (χ3v) is 4.24. The molecule has 0 spiro atoms. The van der Waals surface area contributed by atoms with Crippen LogP contribution in [0.2, 0.25) is 0 Å². The van der Waals surface area contributed by atoms with Crippen molar-refractivity contribution in [1.29, 1.82) is 0 Å². The fraction of sp³-hybridized carbons (Fsp3) is 0.0435. The van der Waals surface area contributed by atoms with Crippen molar-refractivity contribution in [2.75, 3.05) is 0 Å². The third kappa shape index (κ3) is 3.87. The number of halogens is 1. The van der Waals surface area contributed by atoms with Gasteiger partial charge in [0, 0.05) is 6.07 Å². The van der Waals surface area contributed by atoms with Crippen LogP contribution < -0.4 is 14.9 Å². The Balaban J connectivity index is 1.61. The van der Waals surface area contributed by atoms with Gasteiger partial charge in [0.1, 0.15) is 29.2 Å². The summed E-state index contributed by atoms with van der Waals surface area (Å²) in [4.78, 5) is 24.8. The summed E-state index contributed by atoms with van der Waals surface area (Å²) >= 11 is 0. The van der Waals surface area contributed by atoms with Gasteiger partial charge in [-0.25, -0.2) is 9.18 Å². The Morgan fingerprint density at radius 2 is 1.79 bits per heavy atom. The second-order valence-corrected chi connectivity index (χ2v) is 6.37. The van der Waals surface area contributed by atoms with Crippen molar-refractivity contribution in [1.82, 2.24) is 0 Å². The summed E-state index contributed by atoms with van der Waals surface area (Å²) in [5.41, 5.74) is 0.662. The van der Waals surface area contributed by atoms with Crippen molar-refractivity contribution < 1.29 is 23.1 Å². The number of benzene rings is 3. The van der Waals surface area contributed by atoms with E-state index >= 15 is 0 Å². The molecule has 3 aromatic carbocycles. The van der Waals surface area contributed by atoms with E-state index in [0.717, 1.165) is 5.56 Å². The van der Waals surface area contributed by atoms with Crippen LogP contribution in [-0.2, 0) is 0 Å². The average Bonchev–Trinajstić information content (AvgIpc) is 2.70. The van der Waals surface area contributed by atoms with E-state index in [9.17, 15) is 14.0 Å². The molecule has 6 heteroatoms. The number of fused-ring (bicyclic) bond motifs is 1. The maximum Gasteiger partial charge on any atom is 0.346 e. The van der Waals surface area contributed by atoms with E-state index in [1.54, 1.807) is 12.1 Å². The van der Waals surface area contributed by atoms with Crippen LogP contribution >= 0.6 is 0 Å². The molecule has 5 nitrogen and oxygen atoms in total. The molecule has 29 heavy (non-hydrogen) atoms. The van der Waals surface area contributed by atoms with E-state index in [2.05, 4.69) is 0 Å². The number of hydrogen-bond donors (Lipinski definition) is 0. The van der Waals surface area contributed by atoms with Gasteiger partial charge >= 0.3 is 5.97 Å². The first kappa shape index (κ1) is 18.4. The quantitative estimate of drug-likeness (QED) is 0.352. The normalized spacial score (nSPS) is 10.7. The van der Waals surface area contributed by atoms with Crippen LogP contribution in [0.25, 0.3) is 11.0 Å². The van der Waals surface area contributed by atoms with Crippen molar-refractivity contribution in [2.24, 2.45) is 0 Å². The Morgan fingerprint density at radius 1 is 0.966 bits per heavy atom. The maximum absolute atomic E-state index is 13.7. The molecule has 4 aromatic rings. The van der Waals surface area contributed by atoms with Gasteiger partial charge in [0.15, 0.2) is 0 Å². The minimum Gasteiger partial charge on any atom is -0.460 e. The van der Waals surface area contributed by atoms with Gasteiger partial charge in [0.05, 0.1) is 10.9 Å². The first-order valence-electron chi connectivity index (χ1n) is 8.78. The molecule has 0 saturated carbocycles. The number of rotatable bonds is 4. The molecule has 1 aromatic heterocycles. The summed E-state index contributed by atoms with van der Waals surface area (Å²) in [6.45, 7) is 1.92. The SMILES string of the molecule is Cc1cccc(Oc2coc3cc(OC(=O)c4ccccc4F)ccc3c2=O)c1. The first-order chi connectivity index (χ1) is 14.0. The van der Waals surface area contributed by atoms with Crippen LogP contribution in [0.5, 0.6) is 17.2 Å². The van der Waals surface area contributed by atoms with Crippen molar-refractivity contribution in [3.63, 3.8) is 0 Å². The largest absolute Gasteiger partial charge is 0.460 e. The number of carbonyl (C=O) groups excluding carboxylic acids is 1. The van der Waals surface area contributed by atoms with E-state index in [-0.39, 0.29) is 33.5 Å². The van der Waals surface area contributed by atoms with Crippen LogP contribution in [0, 0.1) is 12.7 Å². The summed E-state index contributed by atoms with van der Waals surface area (Å²) in [5, 5.41) is 0.265. The van der Waals surface area contributed by atoms with Crippen molar-refractivity contribution >= 4 is 16.9 Å². The van der Waals surface area contributed by atoms with Crippen LogP contribution in [-0.4, -0.2) is 5.97 Å². The molecule has 1 heterocycles. The maximum atomic E-state index is 13.7. The van der Waals surface area contributed by atoms with Gasteiger partial charge in [-0.3, -0.25) is 4.79 Å². The highest BCUT2D eigenvalue weighted by molar-refractivity contribution is 5.92. The number of aryl methyl sites for hydroxylation is 1. The average molecular weight is 390 g/mol. The summed E-state index contributed by atoms with van der Waals surface area (Å²) in [7, 11) is 0. The predicted molar refractivity (Wildman–Crippen MR) is 105 cm³/mol. The zero-order chi connectivity index (χ0) is 20.4. The third-order valence-electron chi connectivity index (χ3n) is 4.24. The fourth-order valence-electron chi connectivity index (χ4n) is 2.82. The van der Waals surface area contributed by atoms with E-state index in [0.29, 0.717) is 5.75 Å². The van der Waals surface area contributed by atoms with Crippen molar-refractivity contribution in [2.45, 2.75) is 6.92 Å². The lowest BCUT2D eigenvalue weighted by molar-refractivity contribution is 0.0730. The molecule has 0 fully saturated rings. The Hall–Kier alpha value is -3.93. The van der Waals surface area contributed by atoms with Gasteiger partial charge in [-0.1, -0.05) is 24.3 Å². The molecule has 144 valence electrons. The fourth-order valence-corrected chi connectivity index (χ4v) is 2.82. The summed E-state index contributed by atoms with van der Waals surface area (Å²) in [6.07, 6.45) is 1.20. The van der Waals surface area contributed by atoms with Crippen molar-refractivity contribution in [3.05, 3.63) is 100 Å². The molecule has 0 unspecified atom stereocenters. The van der Waals surface area contributed by atoms with Gasteiger partial charge in [0.2, 0.25) is 11.2 Å². The Morgan fingerprint density at radius 3 is 2.59 bits per heavy atom. The molecule has 4 rings (SSSR count). The van der Waals surface area contributed by atoms with Crippen LogP contribution in [0.15, 0.2) is 82.2 Å². The van der Waals surface area contributed by atoms with Gasteiger partial charge in [-0.2, -0.15) is 0 Å². The van der Waals surface area contributed by atoms with Gasteiger partial charge in [-0.15, -0.1) is 0 Å². The number of ether oxygens (including phenoxy) is 2. The predicted octanol–water partition coefficient (Wildman–Crippen LogP) is 5.25. The topological polar surface area (TPSA) is 65.7 Å². The molecule has 0 bridgehead atoms. The molecule has 0 N–H and O–H groups in total.